The molecule has 88 valence electrons. The van der Waals surface area contributed by atoms with Gasteiger partial charge in [0.2, 0.25) is 5.82 Å². The van der Waals surface area contributed by atoms with E-state index in [0.717, 1.165) is 0 Å². The molecule has 1 rings (SSSR count). The number of hydrogen-bond acceptors (Lipinski definition) is 6. The number of nitrogens with one attached hydrogen (secondary N) is 2. The Labute approximate surface area is 90.2 Å². The average molecular weight is 228 g/mol. The molecule has 0 saturated carbocycles. The van der Waals surface area contributed by atoms with E-state index in [4.69, 9.17) is 0 Å². The van der Waals surface area contributed by atoms with Crippen LogP contribution in [0.15, 0.2) is 9.59 Å². The van der Waals surface area contributed by atoms with Gasteiger partial charge >= 0.3 is 11.7 Å². The summed E-state index contributed by atoms with van der Waals surface area (Å²) in [5.74, 6) is -0.337. The van der Waals surface area contributed by atoms with Crippen LogP contribution in [0.1, 0.15) is 6.42 Å². The van der Waals surface area contributed by atoms with E-state index >= 15 is 0 Å². The Morgan fingerprint density at radius 1 is 1.50 bits per heavy atom. The number of methoxy groups -OCH3 is 1. The van der Waals surface area contributed by atoms with Crippen molar-refractivity contribution < 1.29 is 9.53 Å². The van der Waals surface area contributed by atoms with Crippen LogP contribution < -0.4 is 16.1 Å². The highest BCUT2D eigenvalue weighted by Gasteiger charge is 2.10. The minimum atomic E-state index is -0.671. The number of aromatic nitrogens is 3. The van der Waals surface area contributed by atoms with E-state index < -0.39 is 11.2 Å². The number of H-pyrrole nitrogens is 2. The van der Waals surface area contributed by atoms with E-state index in [1.54, 1.807) is 7.05 Å². The van der Waals surface area contributed by atoms with Crippen LogP contribution in [0, 0.1) is 0 Å². The third-order valence-corrected chi connectivity index (χ3v) is 1.93. The standard InChI is InChI=1S/C8H12N4O4/c1-12(4-3-5(13)16-2)6-7(14)9-8(15)11-10-6/h3-4H2,1-2H3,(H2,9,11,14,15). The summed E-state index contributed by atoms with van der Waals surface area (Å²) in [7, 11) is 2.87. The average Bonchev–Trinajstić information content (AvgIpc) is 2.25. The van der Waals surface area contributed by atoms with Gasteiger partial charge in [-0.15, -0.1) is 5.10 Å². The Morgan fingerprint density at radius 2 is 2.19 bits per heavy atom. The van der Waals surface area contributed by atoms with Crippen molar-refractivity contribution in [3.8, 4) is 0 Å². The van der Waals surface area contributed by atoms with Gasteiger partial charge in [-0.25, -0.2) is 9.89 Å². The van der Waals surface area contributed by atoms with Gasteiger partial charge in [0, 0.05) is 13.6 Å². The molecular formula is C8H12N4O4. The minimum Gasteiger partial charge on any atom is -0.469 e. The third-order valence-electron chi connectivity index (χ3n) is 1.93. The highest BCUT2D eigenvalue weighted by molar-refractivity contribution is 5.69. The molecule has 0 aliphatic carbocycles. The normalized spacial score (nSPS) is 9.88. The van der Waals surface area contributed by atoms with Gasteiger partial charge in [-0.3, -0.25) is 14.6 Å². The molecule has 0 saturated heterocycles. The van der Waals surface area contributed by atoms with E-state index in [1.807, 2.05) is 4.98 Å². The second-order valence-electron chi connectivity index (χ2n) is 3.08. The molecule has 0 aromatic carbocycles. The summed E-state index contributed by atoms with van der Waals surface area (Å²) in [5, 5.41) is 5.68. The Kier molecular flexibility index (Phi) is 3.81. The van der Waals surface area contributed by atoms with E-state index in [2.05, 4.69) is 14.9 Å². The zero-order chi connectivity index (χ0) is 12.1. The van der Waals surface area contributed by atoms with Crippen LogP contribution in [0.2, 0.25) is 0 Å². The number of carbonyl (C=O) groups is 1. The first-order valence-electron chi connectivity index (χ1n) is 4.51. The lowest BCUT2D eigenvalue weighted by Gasteiger charge is -2.14. The van der Waals surface area contributed by atoms with Crippen LogP contribution >= 0.6 is 0 Å². The second kappa shape index (κ2) is 5.10. The summed E-state index contributed by atoms with van der Waals surface area (Å²) < 4.78 is 4.46. The molecule has 0 fully saturated rings. The summed E-state index contributed by atoms with van der Waals surface area (Å²) in [6.07, 6.45) is 0.132. The van der Waals surface area contributed by atoms with Gasteiger partial charge in [-0.05, 0) is 0 Å². The van der Waals surface area contributed by atoms with Gasteiger partial charge < -0.3 is 9.64 Å². The van der Waals surface area contributed by atoms with Crippen LogP contribution in [-0.2, 0) is 9.53 Å². The maximum absolute atomic E-state index is 11.3. The Bertz CT molecular complexity index is 477. The number of esters is 1. The van der Waals surface area contributed by atoms with Crippen LogP contribution in [-0.4, -0.2) is 41.9 Å². The zero-order valence-electron chi connectivity index (χ0n) is 8.94. The van der Waals surface area contributed by atoms with Crippen molar-refractivity contribution in [1.29, 1.82) is 0 Å². The van der Waals surface area contributed by atoms with Crippen molar-refractivity contribution in [3.05, 3.63) is 20.8 Å². The quantitative estimate of drug-likeness (QED) is 0.604. The van der Waals surface area contributed by atoms with Crippen molar-refractivity contribution in [2.75, 3.05) is 25.6 Å². The molecule has 8 heteroatoms. The zero-order valence-corrected chi connectivity index (χ0v) is 8.94. The molecule has 0 aliphatic heterocycles. The monoisotopic (exact) mass is 228 g/mol. The summed E-state index contributed by atoms with van der Waals surface area (Å²) in [4.78, 5) is 36.4. The number of carbonyl (C=O) groups excluding carboxylic acids is 1. The van der Waals surface area contributed by atoms with Gasteiger partial charge in [0.25, 0.3) is 5.56 Å². The van der Waals surface area contributed by atoms with Gasteiger partial charge in [-0.1, -0.05) is 0 Å². The number of anilines is 1. The van der Waals surface area contributed by atoms with Gasteiger partial charge in [0.15, 0.2) is 0 Å². The lowest BCUT2D eigenvalue weighted by molar-refractivity contribution is -0.140. The molecule has 0 bridgehead atoms. The fourth-order valence-corrected chi connectivity index (χ4v) is 1.07. The Hall–Kier alpha value is -2.12. The molecule has 0 amide bonds. The highest BCUT2D eigenvalue weighted by atomic mass is 16.5. The Balaban J connectivity index is 2.73. The van der Waals surface area contributed by atoms with Gasteiger partial charge in [0.05, 0.1) is 13.5 Å². The second-order valence-corrected chi connectivity index (χ2v) is 3.08. The first-order valence-corrected chi connectivity index (χ1v) is 4.51. The molecule has 0 atom stereocenters. The molecule has 0 unspecified atom stereocenters. The first-order chi connectivity index (χ1) is 7.54. The largest absolute Gasteiger partial charge is 0.469 e. The lowest BCUT2D eigenvalue weighted by Crippen LogP contribution is -2.33. The Morgan fingerprint density at radius 3 is 2.75 bits per heavy atom. The van der Waals surface area contributed by atoms with E-state index in [0.29, 0.717) is 0 Å². The smallest absolute Gasteiger partial charge is 0.342 e. The maximum Gasteiger partial charge on any atom is 0.342 e. The maximum atomic E-state index is 11.3. The predicted octanol–water partition coefficient (Wildman–Crippen LogP) is -1.54. The molecule has 2 N–H and O–H groups in total. The molecule has 0 aliphatic rings. The van der Waals surface area contributed by atoms with Crippen LogP contribution in [0.3, 0.4) is 0 Å². The van der Waals surface area contributed by atoms with E-state index in [1.165, 1.54) is 12.0 Å². The van der Waals surface area contributed by atoms with Crippen LogP contribution in [0.5, 0.6) is 0 Å². The lowest BCUT2D eigenvalue weighted by atomic mass is 10.4. The predicted molar refractivity (Wildman–Crippen MR) is 55.4 cm³/mol. The van der Waals surface area contributed by atoms with E-state index in [9.17, 15) is 14.4 Å². The third kappa shape index (κ3) is 2.94. The number of hydrogen-bond donors (Lipinski definition) is 2. The van der Waals surface area contributed by atoms with Crippen LogP contribution in [0.25, 0.3) is 0 Å². The molecule has 1 aromatic rings. The van der Waals surface area contributed by atoms with Crippen molar-refractivity contribution in [2.45, 2.75) is 6.42 Å². The fraction of sp³-hybridized carbons (Fsp3) is 0.500. The van der Waals surface area contributed by atoms with Crippen molar-refractivity contribution >= 4 is 11.8 Å². The molecule has 0 spiro atoms. The summed E-state index contributed by atoms with van der Waals surface area (Å²) in [5.41, 5.74) is -1.27. The highest BCUT2D eigenvalue weighted by Crippen LogP contribution is 1.98. The van der Waals surface area contributed by atoms with Gasteiger partial charge in [0.1, 0.15) is 0 Å². The number of aromatic amines is 2. The fourth-order valence-electron chi connectivity index (χ4n) is 1.07. The summed E-state index contributed by atoms with van der Waals surface area (Å²) >= 11 is 0. The van der Waals surface area contributed by atoms with Crippen molar-refractivity contribution in [3.63, 3.8) is 0 Å². The van der Waals surface area contributed by atoms with Gasteiger partial charge in [-0.2, -0.15) is 0 Å². The topological polar surface area (TPSA) is 108 Å². The molecule has 8 nitrogen and oxygen atoms in total. The summed E-state index contributed by atoms with van der Waals surface area (Å²) in [6.45, 7) is 0.273. The van der Waals surface area contributed by atoms with Crippen molar-refractivity contribution in [2.24, 2.45) is 0 Å². The number of ether oxygens (including phenoxy) is 1. The number of nitrogens with zero attached hydrogens (tertiary/aromatic N) is 2. The molecule has 16 heavy (non-hydrogen) atoms. The first kappa shape index (κ1) is 12.0. The van der Waals surface area contributed by atoms with Crippen molar-refractivity contribution in [1.82, 2.24) is 15.2 Å². The molecular weight excluding hydrogens is 216 g/mol. The summed E-state index contributed by atoms with van der Waals surface area (Å²) in [6, 6.07) is 0. The van der Waals surface area contributed by atoms with E-state index in [-0.39, 0.29) is 24.8 Å². The molecule has 0 radical (unpaired) electrons. The van der Waals surface area contributed by atoms with Crippen LogP contribution in [0.4, 0.5) is 5.82 Å². The SMILES string of the molecule is COC(=O)CCN(C)c1n[nH]c(=O)[nH]c1=O. The molecule has 1 aromatic heterocycles. The minimum absolute atomic E-state index is 0.0449. The molecule has 1 heterocycles. The number of rotatable bonds is 4.